The maximum Gasteiger partial charge on any atom is 0.137 e. The Morgan fingerprint density at radius 1 is 1.53 bits per heavy atom. The van der Waals surface area contributed by atoms with E-state index in [-0.39, 0.29) is 0 Å². The van der Waals surface area contributed by atoms with Crippen molar-refractivity contribution < 1.29 is 4.74 Å². The molecule has 1 unspecified atom stereocenters. The van der Waals surface area contributed by atoms with Crippen LogP contribution in [0.2, 0.25) is 5.02 Å². The molecule has 1 rings (SSSR count). The van der Waals surface area contributed by atoms with E-state index in [9.17, 15) is 0 Å². The van der Waals surface area contributed by atoms with Gasteiger partial charge < -0.3 is 4.74 Å². The van der Waals surface area contributed by atoms with Gasteiger partial charge in [-0.1, -0.05) is 34.5 Å². The lowest BCUT2D eigenvalue weighted by Gasteiger charge is -2.14. The predicted octanol–water partition coefficient (Wildman–Crippen LogP) is 4.44. The summed E-state index contributed by atoms with van der Waals surface area (Å²) in [6.45, 7) is 2.80. The standard InChI is InChI=1S/C11H14BrClOS/c1-2-8(7-15)6-14-11-4-3-9(12)5-10(11)13/h3-5,8,15H,2,6-7H2,1H3. The van der Waals surface area contributed by atoms with Gasteiger partial charge in [-0.05, 0) is 30.4 Å². The maximum absolute atomic E-state index is 6.03. The van der Waals surface area contributed by atoms with Gasteiger partial charge in [0.2, 0.25) is 0 Å². The fourth-order valence-electron chi connectivity index (χ4n) is 1.10. The number of rotatable bonds is 5. The molecule has 0 aliphatic rings. The molecule has 0 amide bonds. The van der Waals surface area contributed by atoms with Crippen molar-refractivity contribution in [1.29, 1.82) is 0 Å². The SMILES string of the molecule is CCC(CS)COc1ccc(Br)cc1Cl. The fraction of sp³-hybridized carbons (Fsp3) is 0.455. The molecule has 0 saturated carbocycles. The van der Waals surface area contributed by atoms with Crippen LogP contribution < -0.4 is 4.74 Å². The van der Waals surface area contributed by atoms with Gasteiger partial charge >= 0.3 is 0 Å². The third-order valence-corrected chi connectivity index (χ3v) is 3.51. The summed E-state index contributed by atoms with van der Waals surface area (Å²) in [5.41, 5.74) is 0. The zero-order chi connectivity index (χ0) is 11.3. The van der Waals surface area contributed by atoms with E-state index in [2.05, 4.69) is 35.5 Å². The summed E-state index contributed by atoms with van der Waals surface area (Å²) in [6, 6.07) is 5.62. The van der Waals surface area contributed by atoms with Gasteiger partial charge in [0.1, 0.15) is 5.75 Å². The van der Waals surface area contributed by atoms with Crippen LogP contribution in [-0.4, -0.2) is 12.4 Å². The Morgan fingerprint density at radius 2 is 2.27 bits per heavy atom. The number of ether oxygens (including phenoxy) is 1. The molecule has 1 aromatic rings. The lowest BCUT2D eigenvalue weighted by Crippen LogP contribution is -2.12. The summed E-state index contributed by atoms with van der Waals surface area (Å²) in [5, 5.41) is 0.637. The van der Waals surface area contributed by atoms with Crippen LogP contribution in [-0.2, 0) is 0 Å². The van der Waals surface area contributed by atoms with Crippen molar-refractivity contribution in [3.8, 4) is 5.75 Å². The Labute approximate surface area is 110 Å². The van der Waals surface area contributed by atoms with Crippen LogP contribution in [0, 0.1) is 5.92 Å². The van der Waals surface area contributed by atoms with Gasteiger partial charge in [0.25, 0.3) is 0 Å². The minimum Gasteiger partial charge on any atom is -0.492 e. The van der Waals surface area contributed by atoms with E-state index >= 15 is 0 Å². The third kappa shape index (κ3) is 4.25. The van der Waals surface area contributed by atoms with E-state index in [0.717, 1.165) is 22.4 Å². The Bertz CT molecular complexity index is 315. The lowest BCUT2D eigenvalue weighted by atomic mass is 10.1. The van der Waals surface area contributed by atoms with Crippen LogP contribution in [0.5, 0.6) is 5.75 Å². The van der Waals surface area contributed by atoms with E-state index in [1.807, 2.05) is 18.2 Å². The fourth-order valence-corrected chi connectivity index (χ4v) is 2.19. The van der Waals surface area contributed by atoms with Crippen LogP contribution >= 0.6 is 40.2 Å². The average molecular weight is 310 g/mol. The normalized spacial score (nSPS) is 12.5. The average Bonchev–Trinajstić information content (AvgIpc) is 2.22. The lowest BCUT2D eigenvalue weighted by molar-refractivity contribution is 0.259. The number of benzene rings is 1. The van der Waals surface area contributed by atoms with E-state index in [0.29, 0.717) is 17.5 Å². The molecule has 0 spiro atoms. The first-order chi connectivity index (χ1) is 7.17. The Hall–Kier alpha value is 0.140. The van der Waals surface area contributed by atoms with Gasteiger partial charge in [-0.25, -0.2) is 0 Å². The van der Waals surface area contributed by atoms with Crippen molar-refractivity contribution in [2.24, 2.45) is 5.92 Å². The molecule has 84 valence electrons. The Balaban J connectivity index is 2.57. The highest BCUT2D eigenvalue weighted by Gasteiger charge is 2.07. The molecule has 0 fully saturated rings. The highest BCUT2D eigenvalue weighted by atomic mass is 79.9. The third-order valence-electron chi connectivity index (χ3n) is 2.20. The smallest absolute Gasteiger partial charge is 0.137 e. The number of thiol groups is 1. The van der Waals surface area contributed by atoms with Crippen molar-refractivity contribution in [2.45, 2.75) is 13.3 Å². The second kappa shape index (κ2) is 6.66. The van der Waals surface area contributed by atoms with Gasteiger partial charge in [-0.15, -0.1) is 0 Å². The molecule has 1 aromatic carbocycles. The molecule has 0 bridgehead atoms. The van der Waals surface area contributed by atoms with Crippen LogP contribution in [0.3, 0.4) is 0 Å². The van der Waals surface area contributed by atoms with E-state index in [1.165, 1.54) is 0 Å². The molecule has 4 heteroatoms. The molecule has 0 N–H and O–H groups in total. The van der Waals surface area contributed by atoms with Crippen molar-refractivity contribution in [1.82, 2.24) is 0 Å². The van der Waals surface area contributed by atoms with Crippen molar-refractivity contribution in [3.05, 3.63) is 27.7 Å². The largest absolute Gasteiger partial charge is 0.492 e. The first kappa shape index (κ1) is 13.2. The van der Waals surface area contributed by atoms with Crippen LogP contribution in [0.15, 0.2) is 22.7 Å². The topological polar surface area (TPSA) is 9.23 Å². The van der Waals surface area contributed by atoms with Crippen LogP contribution in [0.1, 0.15) is 13.3 Å². The van der Waals surface area contributed by atoms with Gasteiger partial charge in [-0.2, -0.15) is 12.6 Å². The zero-order valence-electron chi connectivity index (χ0n) is 8.54. The van der Waals surface area contributed by atoms with Crippen LogP contribution in [0.4, 0.5) is 0 Å². The molecule has 0 radical (unpaired) electrons. The first-order valence-corrected chi connectivity index (χ1v) is 6.66. The number of hydrogen-bond donors (Lipinski definition) is 1. The molecular weight excluding hydrogens is 296 g/mol. The second-order valence-corrected chi connectivity index (χ2v) is 5.03. The Morgan fingerprint density at radius 3 is 2.80 bits per heavy atom. The first-order valence-electron chi connectivity index (χ1n) is 4.86. The van der Waals surface area contributed by atoms with Gasteiger partial charge in [0.05, 0.1) is 11.6 Å². The van der Waals surface area contributed by atoms with E-state index < -0.39 is 0 Å². The van der Waals surface area contributed by atoms with Crippen molar-refractivity contribution in [2.75, 3.05) is 12.4 Å². The quantitative estimate of drug-likeness (QED) is 0.791. The summed E-state index contributed by atoms with van der Waals surface area (Å²) in [6.07, 6.45) is 1.07. The Kier molecular flexibility index (Phi) is 5.87. The molecule has 0 aromatic heterocycles. The molecule has 0 aliphatic carbocycles. The summed E-state index contributed by atoms with van der Waals surface area (Å²) in [7, 11) is 0. The predicted molar refractivity (Wildman–Crippen MR) is 72.3 cm³/mol. The van der Waals surface area contributed by atoms with Gasteiger partial charge in [0, 0.05) is 10.4 Å². The molecule has 0 saturated heterocycles. The van der Waals surface area contributed by atoms with E-state index in [4.69, 9.17) is 16.3 Å². The highest BCUT2D eigenvalue weighted by molar-refractivity contribution is 9.10. The van der Waals surface area contributed by atoms with Crippen molar-refractivity contribution >= 4 is 40.2 Å². The summed E-state index contributed by atoms with van der Waals surface area (Å²) in [4.78, 5) is 0. The number of halogens is 2. The zero-order valence-corrected chi connectivity index (χ0v) is 11.8. The maximum atomic E-state index is 6.03. The second-order valence-electron chi connectivity index (χ2n) is 3.34. The minimum atomic E-state index is 0.480. The number of hydrogen-bond acceptors (Lipinski definition) is 2. The van der Waals surface area contributed by atoms with E-state index in [1.54, 1.807) is 0 Å². The molecule has 1 atom stereocenters. The van der Waals surface area contributed by atoms with Crippen molar-refractivity contribution in [3.63, 3.8) is 0 Å². The minimum absolute atomic E-state index is 0.480. The molecule has 0 aliphatic heterocycles. The molecular formula is C11H14BrClOS. The molecule has 15 heavy (non-hydrogen) atoms. The summed E-state index contributed by atoms with van der Waals surface area (Å²) >= 11 is 13.6. The summed E-state index contributed by atoms with van der Waals surface area (Å²) in [5.74, 6) is 2.05. The van der Waals surface area contributed by atoms with Gasteiger partial charge in [0.15, 0.2) is 0 Å². The van der Waals surface area contributed by atoms with Gasteiger partial charge in [-0.3, -0.25) is 0 Å². The monoisotopic (exact) mass is 308 g/mol. The summed E-state index contributed by atoms with van der Waals surface area (Å²) < 4.78 is 6.59. The van der Waals surface area contributed by atoms with Crippen LogP contribution in [0.25, 0.3) is 0 Å². The molecule has 0 heterocycles. The highest BCUT2D eigenvalue weighted by Crippen LogP contribution is 2.28. The molecule has 1 nitrogen and oxygen atoms in total.